The van der Waals surface area contributed by atoms with E-state index in [1.54, 1.807) is 53.8 Å². The number of nitrogens with zero attached hydrogens (tertiary/aromatic N) is 8. The Morgan fingerprint density at radius 2 is 0.669 bits per heavy atom. The summed E-state index contributed by atoms with van der Waals surface area (Å²) in [6, 6.07) is 97.3. The first-order valence-electron chi connectivity index (χ1n) is 42.5. The Bertz CT molecular complexity index is 7300. The molecule has 0 fully saturated rings. The van der Waals surface area contributed by atoms with E-state index in [4.69, 9.17) is 75.2 Å². The molecule has 4 radical (unpaired) electrons. The summed E-state index contributed by atoms with van der Waals surface area (Å²) >= 11 is 0. The number of aliphatic hydroxyl groups excluding tert-OH is 6. The van der Waals surface area contributed by atoms with Crippen molar-refractivity contribution in [3.8, 4) is 50.8 Å². The molecule has 6 N–H and O–H groups in total. The molecule has 0 amide bonds. The van der Waals surface area contributed by atoms with E-state index in [-0.39, 0.29) is 123 Å². The van der Waals surface area contributed by atoms with Gasteiger partial charge in [0.2, 0.25) is 0 Å². The molecule has 21 rings (SSSR count). The van der Waals surface area contributed by atoms with Crippen LogP contribution in [0.4, 0.5) is 0 Å². The fourth-order valence-electron chi connectivity index (χ4n) is 16.5. The van der Waals surface area contributed by atoms with Crippen LogP contribution < -0.4 is 4.74 Å². The molecule has 16 aromatic carbocycles. The smallest absolute Gasteiger partial charge is 0.308 e. The maximum atomic E-state index is 11.4. The van der Waals surface area contributed by atoms with E-state index in [1.165, 1.54) is 78.0 Å². The van der Waals surface area contributed by atoms with E-state index in [1.807, 2.05) is 152 Å². The molecular weight excluding hydrogens is 2330 g/mol. The average Bonchev–Trinajstić information content (AvgIpc) is 1.30. The van der Waals surface area contributed by atoms with Crippen LogP contribution in [0.3, 0.4) is 0 Å². The largest absolute Gasteiger partial charge is 0.427 e. The molecule has 0 aliphatic heterocycles. The summed E-state index contributed by atoms with van der Waals surface area (Å²) in [7, 11) is 0. The third kappa shape index (κ3) is 22.3. The predicted octanol–water partition coefficient (Wildman–Crippen LogP) is 23.1. The standard InChI is InChI=1S/C26H21N2.C24H15N2O2.C23H13N2.C22H13N2.3C5H12O2.4Ir/c1-15-10-12-20-23(17(15)3)24-18(4)16(2)11-13-21(24)26-25(20)27-14-22(28-26)19-8-6-5-7-9-19;1-15(27)28-17-11-12-19-18-9-5-6-10-20(18)23-24(21(19)13-17)26-22(14-25-23)16-7-3-2-4-8-16;1-2-6-14(7-3-1)19-13-24-22-17-10-4-8-15-12-16-9-5-11-18(23(22)25-19)21(16)20(15)17;1-2-8-15(9-3-1)20-14-23-21-18-12-6-4-10-16(18)17-11-5-7-13-19(17)22(21)24-20;3*1-4(6)3-5(2)7;;;;/h5-11,13-14H,1-4H3;2-9,11-14H,1H3;1-9,11,13H,12H2;1-11,13-14H;3*4-7H,3H2,1-2H3;;;;/q4*-1;;;;;;;. The monoisotopic (exact) mass is 2430 g/mol. The van der Waals surface area contributed by atoms with E-state index in [9.17, 15) is 4.79 Å². The molecule has 1 aliphatic rings. The van der Waals surface area contributed by atoms with Crippen LogP contribution >= 0.6 is 0 Å². The van der Waals surface area contributed by atoms with Gasteiger partial charge < -0.3 is 55.3 Å². The molecule has 16 nitrogen and oxygen atoms in total. The van der Waals surface area contributed by atoms with Crippen molar-refractivity contribution in [2.45, 2.75) is 138 Å². The molecule has 6 atom stereocenters. The third-order valence-corrected chi connectivity index (χ3v) is 22.4. The van der Waals surface area contributed by atoms with Crippen molar-refractivity contribution in [2.75, 3.05) is 0 Å². The van der Waals surface area contributed by atoms with Crippen LogP contribution in [0, 0.1) is 52.0 Å². The Morgan fingerprint density at radius 1 is 0.323 bits per heavy atom. The zero-order chi connectivity index (χ0) is 88.4. The maximum Gasteiger partial charge on any atom is 0.308 e. The summed E-state index contributed by atoms with van der Waals surface area (Å²) in [6.07, 6.45) is 7.56. The SMILES string of the molecule is CC(=O)Oc1ccc2c3ccc[c-]c3c3ncc(-c4ccccc4)nc3c2c1.CC(O)CC(C)O.CC(O)CC(C)O.CC(O)CC(C)O.Cc1c[c-]c2c3ncc(-c4ccccc4)nc3c3ccc(C)c(C)c3c2c1C.[Ir].[Ir].[Ir].[Ir].[c-]1ccc2c3c1c1ncc(-c4ccccc4)nc1c1cccc(c13)C2.[c-]1cccc2c1c1ncc(-c3ccccc3)nc1c1ccccc21. The van der Waals surface area contributed by atoms with Gasteiger partial charge >= 0.3 is 5.97 Å². The van der Waals surface area contributed by atoms with Gasteiger partial charge in [0.1, 0.15) is 5.75 Å². The van der Waals surface area contributed by atoms with E-state index in [0.717, 1.165) is 144 Å². The fourth-order valence-corrected chi connectivity index (χ4v) is 16.5. The van der Waals surface area contributed by atoms with E-state index < -0.39 is 0 Å². The topological polar surface area (TPSA) is 251 Å². The molecule has 0 saturated carbocycles. The summed E-state index contributed by atoms with van der Waals surface area (Å²) in [5.41, 5.74) is 22.8. The molecule has 666 valence electrons. The number of esters is 1. The van der Waals surface area contributed by atoms with Gasteiger partial charge in [0, 0.05) is 156 Å². The quantitative estimate of drug-likeness (QED) is 0.0305. The number of aliphatic hydroxyl groups is 6. The summed E-state index contributed by atoms with van der Waals surface area (Å²) in [6.45, 7) is 20.1. The number of benzene rings is 16. The van der Waals surface area contributed by atoms with Crippen molar-refractivity contribution in [3.63, 3.8) is 0 Å². The molecule has 20 heteroatoms. The average molecular weight is 2430 g/mol. The first-order valence-corrected chi connectivity index (χ1v) is 42.5. The first kappa shape index (κ1) is 99.4. The number of hydrogen-bond donors (Lipinski definition) is 6. The van der Waals surface area contributed by atoms with Gasteiger partial charge in [-0.25, -0.2) is 0 Å². The molecule has 20 aromatic rings. The van der Waals surface area contributed by atoms with Crippen molar-refractivity contribution in [2.24, 2.45) is 0 Å². The normalized spacial score (nSPS) is 12.5. The molecule has 130 heavy (non-hydrogen) atoms. The number of ether oxygens (including phenoxy) is 1. The second-order valence-electron chi connectivity index (χ2n) is 32.4. The summed E-state index contributed by atoms with van der Waals surface area (Å²) < 4.78 is 5.30. The molecule has 6 unspecified atom stereocenters. The zero-order valence-corrected chi connectivity index (χ0v) is 83.3. The minimum Gasteiger partial charge on any atom is -0.427 e. The van der Waals surface area contributed by atoms with Gasteiger partial charge in [-0.3, -0.25) is 24.7 Å². The number of fused-ring (bicyclic) bond motifs is 21. The van der Waals surface area contributed by atoms with Crippen molar-refractivity contribution in [1.82, 2.24) is 39.9 Å². The van der Waals surface area contributed by atoms with E-state index in [0.29, 0.717) is 25.0 Å². The van der Waals surface area contributed by atoms with Crippen LogP contribution in [0.1, 0.15) is 101 Å². The second kappa shape index (κ2) is 45.1. The Hall–Kier alpha value is -11.2. The van der Waals surface area contributed by atoms with Crippen LogP contribution in [-0.4, -0.2) is 113 Å². The molecule has 4 aromatic heterocycles. The van der Waals surface area contributed by atoms with Crippen LogP contribution in [0.5, 0.6) is 5.75 Å². The van der Waals surface area contributed by atoms with Crippen molar-refractivity contribution >= 4 is 136 Å². The van der Waals surface area contributed by atoms with E-state index in [2.05, 4.69) is 161 Å². The third-order valence-electron chi connectivity index (χ3n) is 22.4. The Labute approximate surface area is 810 Å². The summed E-state index contributed by atoms with van der Waals surface area (Å²) in [5.74, 6) is 0.140. The number of aromatic nitrogens is 8. The number of carbonyl (C=O) groups is 1. The Kier molecular flexibility index (Phi) is 34.5. The van der Waals surface area contributed by atoms with Crippen LogP contribution in [-0.2, 0) is 91.6 Å². The number of aryl methyl sites for hydroxylation is 4. The van der Waals surface area contributed by atoms with Crippen molar-refractivity contribution in [1.29, 1.82) is 0 Å². The first-order chi connectivity index (χ1) is 61.0. The Balaban J connectivity index is 0.000000154. The summed E-state index contributed by atoms with van der Waals surface area (Å²) in [5, 5.41) is 69.5. The number of rotatable bonds is 11. The van der Waals surface area contributed by atoms with Gasteiger partial charge in [-0.1, -0.05) is 228 Å². The molecule has 0 bridgehead atoms. The fraction of sp³-hybridized carbons (Fsp3) is 0.191. The van der Waals surface area contributed by atoms with Gasteiger partial charge in [0.25, 0.3) is 0 Å². The van der Waals surface area contributed by atoms with Crippen LogP contribution in [0.25, 0.3) is 175 Å². The molecule has 0 spiro atoms. The minimum absolute atomic E-state index is 0. The minimum atomic E-state index is -0.375. The number of carbonyl (C=O) groups excluding carboxylic acids is 1. The van der Waals surface area contributed by atoms with Gasteiger partial charge in [0.05, 0.1) is 81.5 Å². The predicted molar refractivity (Wildman–Crippen MR) is 512 cm³/mol. The van der Waals surface area contributed by atoms with Gasteiger partial charge in [-0.2, -0.15) is 0 Å². The van der Waals surface area contributed by atoms with Crippen molar-refractivity contribution < 1.29 is 121 Å². The second-order valence-corrected chi connectivity index (χ2v) is 32.4. The van der Waals surface area contributed by atoms with E-state index >= 15 is 0 Å². The zero-order valence-electron chi connectivity index (χ0n) is 73.7. The van der Waals surface area contributed by atoms with Gasteiger partial charge in [-0.05, 0) is 142 Å². The molecular formula is C110H98Ir4N8O8-4. The van der Waals surface area contributed by atoms with Crippen LogP contribution in [0.2, 0.25) is 0 Å². The number of hydrogen-bond acceptors (Lipinski definition) is 16. The molecule has 4 heterocycles. The van der Waals surface area contributed by atoms with Crippen LogP contribution in [0.15, 0.2) is 274 Å². The van der Waals surface area contributed by atoms with Gasteiger partial charge in [-0.15, -0.1) is 117 Å². The van der Waals surface area contributed by atoms with Crippen molar-refractivity contribution in [3.05, 3.63) is 331 Å². The summed E-state index contributed by atoms with van der Waals surface area (Å²) in [4.78, 5) is 50.5. The Morgan fingerprint density at radius 3 is 1.10 bits per heavy atom. The molecule has 0 saturated heterocycles. The maximum absolute atomic E-state index is 11.4. The molecule has 1 aliphatic carbocycles. The van der Waals surface area contributed by atoms with Gasteiger partial charge in [0.15, 0.2) is 0 Å².